The summed E-state index contributed by atoms with van der Waals surface area (Å²) < 4.78 is 0. The van der Waals surface area contributed by atoms with Crippen molar-refractivity contribution in [2.45, 2.75) is 0 Å². The zero-order valence-electron chi connectivity index (χ0n) is 17.9. The van der Waals surface area contributed by atoms with Gasteiger partial charge < -0.3 is 20.9 Å². The van der Waals surface area contributed by atoms with E-state index in [0.717, 1.165) is 0 Å². The lowest BCUT2D eigenvalue weighted by molar-refractivity contribution is -0.117. The number of halogens is 2. The third kappa shape index (κ3) is 6.29. The van der Waals surface area contributed by atoms with Gasteiger partial charge in [0.15, 0.2) is 0 Å². The Labute approximate surface area is 200 Å². The van der Waals surface area contributed by atoms with Gasteiger partial charge in [-0.2, -0.15) is 0 Å². The highest BCUT2D eigenvalue weighted by Gasteiger charge is 2.17. The predicted octanol–water partition coefficient (Wildman–Crippen LogP) is 4.08. The monoisotopic (exact) mass is 485 g/mol. The molecule has 0 saturated carbocycles. The highest BCUT2D eigenvalue weighted by molar-refractivity contribution is 6.31. The fourth-order valence-electron chi connectivity index (χ4n) is 2.91. The number of aromatic nitrogens is 1. The Balaban J connectivity index is 1.77. The Hall–Kier alpha value is -3.46. The minimum atomic E-state index is -0.511. The summed E-state index contributed by atoms with van der Waals surface area (Å²) in [5, 5.41) is 8.91. The van der Waals surface area contributed by atoms with Crippen LogP contribution in [0.25, 0.3) is 0 Å². The van der Waals surface area contributed by atoms with Crippen molar-refractivity contribution in [1.82, 2.24) is 10.3 Å². The number of nitrogens with one attached hydrogen (secondary N) is 3. The third-order valence-corrected chi connectivity index (χ3v) is 5.13. The highest BCUT2D eigenvalue weighted by Crippen LogP contribution is 2.23. The van der Waals surface area contributed by atoms with Gasteiger partial charge >= 0.3 is 0 Å². The van der Waals surface area contributed by atoms with Crippen LogP contribution in [0, 0.1) is 0 Å². The maximum atomic E-state index is 12.8. The number of amides is 3. The molecule has 0 fully saturated rings. The van der Waals surface area contributed by atoms with Crippen LogP contribution in [-0.4, -0.2) is 43.3 Å². The van der Waals surface area contributed by atoms with E-state index < -0.39 is 11.8 Å². The Kier molecular flexibility index (Phi) is 8.00. The van der Waals surface area contributed by atoms with Crippen LogP contribution in [0.1, 0.15) is 20.7 Å². The predicted molar refractivity (Wildman–Crippen MR) is 130 cm³/mol. The molecule has 0 unspecified atom stereocenters. The molecule has 0 radical (unpaired) electrons. The van der Waals surface area contributed by atoms with E-state index in [2.05, 4.69) is 20.9 Å². The molecule has 0 aliphatic heterocycles. The van der Waals surface area contributed by atoms with E-state index in [1.165, 1.54) is 23.2 Å². The van der Waals surface area contributed by atoms with Gasteiger partial charge in [0, 0.05) is 34.5 Å². The Morgan fingerprint density at radius 2 is 1.61 bits per heavy atom. The number of carbonyl (C=O) groups is 3. The Morgan fingerprint density at radius 3 is 2.27 bits per heavy atom. The smallest absolute Gasteiger partial charge is 0.258 e. The van der Waals surface area contributed by atoms with Crippen molar-refractivity contribution >= 4 is 58.1 Å². The van der Waals surface area contributed by atoms with Gasteiger partial charge in [0.2, 0.25) is 5.91 Å². The normalized spacial score (nSPS) is 10.4. The lowest BCUT2D eigenvalue weighted by atomic mass is 10.1. The van der Waals surface area contributed by atoms with Crippen LogP contribution in [0.15, 0.2) is 60.8 Å². The summed E-state index contributed by atoms with van der Waals surface area (Å²) >= 11 is 12.0. The van der Waals surface area contributed by atoms with E-state index in [1.54, 1.807) is 56.6 Å². The van der Waals surface area contributed by atoms with Crippen LogP contribution in [0.3, 0.4) is 0 Å². The maximum absolute atomic E-state index is 12.8. The minimum absolute atomic E-state index is 0.110. The first-order valence-electron chi connectivity index (χ1n) is 9.83. The molecule has 3 amide bonds. The fraction of sp³-hybridized carbons (Fsp3) is 0.130. The van der Waals surface area contributed by atoms with Crippen molar-refractivity contribution in [3.8, 4) is 0 Å². The second-order valence-corrected chi connectivity index (χ2v) is 7.86. The molecule has 10 heteroatoms. The van der Waals surface area contributed by atoms with Crippen LogP contribution < -0.4 is 20.9 Å². The summed E-state index contributed by atoms with van der Waals surface area (Å²) in [5.41, 5.74) is 1.43. The molecule has 0 aliphatic carbocycles. The molecule has 1 aromatic heterocycles. The van der Waals surface area contributed by atoms with E-state index in [1.807, 2.05) is 0 Å². The molecule has 0 atom stereocenters. The van der Waals surface area contributed by atoms with Crippen LogP contribution in [0.5, 0.6) is 0 Å². The third-order valence-electron chi connectivity index (χ3n) is 4.66. The SMILES string of the molecule is CNCC(=O)N(C)c1ccc(C(=O)Nc2ccc(Cl)cc2C(=O)Nc2cc(Cl)ccn2)cc1. The number of likely N-dealkylation sites (N-methyl/N-ethyl adjacent to an activating group) is 2. The van der Waals surface area contributed by atoms with Gasteiger partial charge in [0.25, 0.3) is 11.8 Å². The minimum Gasteiger partial charge on any atom is -0.321 e. The van der Waals surface area contributed by atoms with Gasteiger partial charge in [-0.3, -0.25) is 14.4 Å². The zero-order chi connectivity index (χ0) is 24.0. The lowest BCUT2D eigenvalue weighted by Gasteiger charge is -2.17. The number of anilines is 3. The zero-order valence-corrected chi connectivity index (χ0v) is 19.4. The van der Waals surface area contributed by atoms with Gasteiger partial charge in [0.1, 0.15) is 5.82 Å². The Morgan fingerprint density at radius 1 is 0.909 bits per heavy atom. The molecule has 0 bridgehead atoms. The molecule has 8 nitrogen and oxygen atoms in total. The Bertz CT molecular complexity index is 1180. The molecule has 170 valence electrons. The van der Waals surface area contributed by atoms with Crippen molar-refractivity contribution in [3.05, 3.63) is 82.0 Å². The first-order chi connectivity index (χ1) is 15.8. The molecule has 3 N–H and O–H groups in total. The summed E-state index contributed by atoms with van der Waals surface area (Å²) in [6, 6.07) is 14.2. The second-order valence-electron chi connectivity index (χ2n) is 6.99. The molecule has 0 saturated heterocycles. The van der Waals surface area contributed by atoms with Gasteiger partial charge in [-0.05, 0) is 61.6 Å². The average molecular weight is 486 g/mol. The fourth-order valence-corrected chi connectivity index (χ4v) is 3.25. The average Bonchev–Trinajstić information content (AvgIpc) is 2.80. The van der Waals surface area contributed by atoms with Crippen molar-refractivity contribution in [1.29, 1.82) is 0 Å². The summed E-state index contributed by atoms with van der Waals surface area (Å²) in [4.78, 5) is 43.1. The largest absolute Gasteiger partial charge is 0.321 e. The molecular weight excluding hydrogens is 465 g/mol. The van der Waals surface area contributed by atoms with Crippen molar-refractivity contribution in [2.24, 2.45) is 0 Å². The lowest BCUT2D eigenvalue weighted by Crippen LogP contribution is -2.34. The van der Waals surface area contributed by atoms with Gasteiger partial charge in [0.05, 0.1) is 17.8 Å². The maximum Gasteiger partial charge on any atom is 0.258 e. The summed E-state index contributed by atoms with van der Waals surface area (Å²) in [7, 11) is 3.35. The van der Waals surface area contributed by atoms with Gasteiger partial charge in [-0.1, -0.05) is 23.2 Å². The number of pyridine rings is 1. The summed E-state index contributed by atoms with van der Waals surface area (Å²) in [6.45, 7) is 0.199. The number of carbonyl (C=O) groups excluding carboxylic acids is 3. The van der Waals surface area contributed by atoms with E-state index >= 15 is 0 Å². The highest BCUT2D eigenvalue weighted by atomic mass is 35.5. The first kappa shape index (κ1) is 24.2. The molecule has 3 rings (SSSR count). The van der Waals surface area contributed by atoms with Crippen LogP contribution in [-0.2, 0) is 4.79 Å². The number of benzene rings is 2. The standard InChI is InChI=1S/C23H21Cl2N5O3/c1-26-13-21(31)30(2)17-6-3-14(4-7-17)22(32)28-19-8-5-15(24)11-18(19)23(33)29-20-12-16(25)9-10-27-20/h3-12,26H,13H2,1-2H3,(H,28,32)(H,27,29,33). The molecule has 0 spiro atoms. The van der Waals surface area contributed by atoms with E-state index in [9.17, 15) is 14.4 Å². The molecule has 0 aliphatic rings. The van der Waals surface area contributed by atoms with Crippen molar-refractivity contribution in [2.75, 3.05) is 36.2 Å². The summed E-state index contributed by atoms with van der Waals surface area (Å²) in [6.07, 6.45) is 1.46. The van der Waals surface area contributed by atoms with E-state index in [0.29, 0.717) is 21.3 Å². The van der Waals surface area contributed by atoms with Crippen molar-refractivity contribution in [3.63, 3.8) is 0 Å². The molecule has 33 heavy (non-hydrogen) atoms. The summed E-state index contributed by atoms with van der Waals surface area (Å²) in [5.74, 6) is -0.788. The second kappa shape index (κ2) is 10.9. The topological polar surface area (TPSA) is 103 Å². The molecular formula is C23H21Cl2N5O3. The van der Waals surface area contributed by atoms with Crippen LogP contribution in [0.2, 0.25) is 10.0 Å². The number of hydrogen-bond acceptors (Lipinski definition) is 5. The number of nitrogens with zero attached hydrogens (tertiary/aromatic N) is 2. The number of hydrogen-bond donors (Lipinski definition) is 3. The van der Waals surface area contributed by atoms with E-state index in [-0.39, 0.29) is 29.5 Å². The molecule has 1 heterocycles. The molecule has 2 aromatic carbocycles. The van der Waals surface area contributed by atoms with Crippen LogP contribution >= 0.6 is 23.2 Å². The quantitative estimate of drug-likeness (QED) is 0.467. The van der Waals surface area contributed by atoms with Gasteiger partial charge in [-0.15, -0.1) is 0 Å². The number of rotatable bonds is 7. The van der Waals surface area contributed by atoms with Crippen LogP contribution in [0.4, 0.5) is 17.2 Å². The van der Waals surface area contributed by atoms with Gasteiger partial charge in [-0.25, -0.2) is 4.98 Å². The first-order valence-corrected chi connectivity index (χ1v) is 10.6. The van der Waals surface area contributed by atoms with Crippen molar-refractivity contribution < 1.29 is 14.4 Å². The molecule has 3 aromatic rings. The van der Waals surface area contributed by atoms with E-state index in [4.69, 9.17) is 23.2 Å².